The van der Waals surface area contributed by atoms with Crippen molar-refractivity contribution in [2.75, 3.05) is 13.1 Å². The number of nitrogens with one attached hydrogen (secondary N) is 3. The van der Waals surface area contributed by atoms with Crippen LogP contribution in [0.15, 0.2) is 11.6 Å². The second-order valence-corrected chi connectivity index (χ2v) is 4.32. The van der Waals surface area contributed by atoms with Gasteiger partial charge in [0.05, 0.1) is 6.04 Å². The molecule has 0 aromatic rings. The first-order chi connectivity index (χ1) is 6.86. The fourth-order valence-corrected chi connectivity index (χ4v) is 2.74. The van der Waals surface area contributed by atoms with Crippen LogP contribution in [0, 0.1) is 5.92 Å². The van der Waals surface area contributed by atoms with E-state index in [1.54, 1.807) is 0 Å². The van der Waals surface area contributed by atoms with Crippen LogP contribution in [0.5, 0.6) is 0 Å². The molecule has 1 saturated heterocycles. The second-order valence-electron chi connectivity index (χ2n) is 4.32. The zero-order valence-electron chi connectivity index (χ0n) is 8.05. The molecule has 14 heavy (non-hydrogen) atoms. The SMILES string of the molecule is O=C1C2=CCCNC2CC2CNNC12. The summed E-state index contributed by atoms with van der Waals surface area (Å²) >= 11 is 0. The highest BCUT2D eigenvalue weighted by molar-refractivity contribution is 6.02. The Labute approximate surface area is 83.1 Å². The Morgan fingerprint density at radius 3 is 3.29 bits per heavy atom. The first kappa shape index (κ1) is 8.59. The van der Waals surface area contributed by atoms with Crippen LogP contribution < -0.4 is 16.2 Å². The quantitative estimate of drug-likeness (QED) is 0.478. The summed E-state index contributed by atoms with van der Waals surface area (Å²) in [5.41, 5.74) is 7.16. The van der Waals surface area contributed by atoms with E-state index in [9.17, 15) is 4.79 Å². The Balaban J connectivity index is 1.91. The molecule has 0 spiro atoms. The molecule has 1 aliphatic carbocycles. The summed E-state index contributed by atoms with van der Waals surface area (Å²) in [4.78, 5) is 12.0. The third kappa shape index (κ3) is 1.15. The number of carbonyl (C=O) groups excluding carboxylic acids is 1. The lowest BCUT2D eigenvalue weighted by atomic mass is 9.77. The van der Waals surface area contributed by atoms with E-state index in [2.05, 4.69) is 22.2 Å². The van der Waals surface area contributed by atoms with Gasteiger partial charge in [-0.3, -0.25) is 10.2 Å². The number of Topliss-reactive ketones (excluding diaryl/α,β-unsaturated/α-hetero) is 1. The van der Waals surface area contributed by atoms with Gasteiger partial charge in [-0.05, 0) is 25.3 Å². The van der Waals surface area contributed by atoms with Crippen molar-refractivity contribution in [2.24, 2.45) is 5.92 Å². The number of carbonyl (C=O) groups is 1. The van der Waals surface area contributed by atoms with Gasteiger partial charge < -0.3 is 5.32 Å². The molecule has 0 bridgehead atoms. The van der Waals surface area contributed by atoms with E-state index in [1.807, 2.05) is 0 Å². The predicted molar refractivity (Wildman–Crippen MR) is 52.5 cm³/mol. The summed E-state index contributed by atoms with van der Waals surface area (Å²) in [5.74, 6) is 0.763. The minimum atomic E-state index is 0.0254. The maximum Gasteiger partial charge on any atom is 0.178 e. The molecule has 76 valence electrons. The van der Waals surface area contributed by atoms with E-state index in [4.69, 9.17) is 0 Å². The Hall–Kier alpha value is -0.710. The van der Waals surface area contributed by atoms with Crippen molar-refractivity contribution in [1.82, 2.24) is 16.2 Å². The van der Waals surface area contributed by atoms with Crippen molar-refractivity contribution in [2.45, 2.75) is 24.9 Å². The molecule has 0 radical (unpaired) electrons. The molecule has 3 unspecified atom stereocenters. The van der Waals surface area contributed by atoms with Crippen molar-refractivity contribution < 1.29 is 4.79 Å². The summed E-state index contributed by atoms with van der Waals surface area (Å²) in [7, 11) is 0. The molecular formula is C10H15N3O. The van der Waals surface area contributed by atoms with Gasteiger partial charge in [-0.25, -0.2) is 5.43 Å². The molecule has 3 N–H and O–H groups in total. The fourth-order valence-electron chi connectivity index (χ4n) is 2.74. The molecule has 2 fully saturated rings. The summed E-state index contributed by atoms with van der Waals surface area (Å²) in [6.07, 6.45) is 4.18. The van der Waals surface area contributed by atoms with Gasteiger partial charge in [0.15, 0.2) is 5.78 Å². The van der Waals surface area contributed by atoms with E-state index in [1.165, 1.54) is 0 Å². The number of hydrogen-bond acceptors (Lipinski definition) is 4. The maximum absolute atomic E-state index is 12.0. The highest BCUT2D eigenvalue weighted by Gasteiger charge is 2.42. The molecule has 1 saturated carbocycles. The summed E-state index contributed by atoms with van der Waals surface area (Å²) < 4.78 is 0. The molecule has 0 amide bonds. The standard InChI is InChI=1S/C10H15N3O/c14-10-7-2-1-3-11-8(7)4-6-5-12-13-9(6)10/h2,6,8-9,11-13H,1,3-5H2. The minimum absolute atomic E-state index is 0.0254. The van der Waals surface area contributed by atoms with Crippen LogP contribution in [0.4, 0.5) is 0 Å². The van der Waals surface area contributed by atoms with E-state index in [0.29, 0.717) is 17.7 Å². The van der Waals surface area contributed by atoms with Gasteiger partial charge in [-0.2, -0.15) is 0 Å². The van der Waals surface area contributed by atoms with Gasteiger partial charge in [0, 0.05) is 18.2 Å². The first-order valence-electron chi connectivity index (χ1n) is 5.32. The first-order valence-corrected chi connectivity index (χ1v) is 5.32. The highest BCUT2D eigenvalue weighted by Crippen LogP contribution is 2.29. The monoisotopic (exact) mass is 193 g/mol. The summed E-state index contributed by atoms with van der Waals surface area (Å²) in [6.45, 7) is 1.93. The Bertz CT molecular complexity index is 300. The van der Waals surface area contributed by atoms with E-state index in [0.717, 1.165) is 31.5 Å². The van der Waals surface area contributed by atoms with Gasteiger partial charge in [0.25, 0.3) is 0 Å². The Morgan fingerprint density at radius 1 is 1.43 bits per heavy atom. The van der Waals surface area contributed by atoms with Gasteiger partial charge in [-0.1, -0.05) is 6.08 Å². The van der Waals surface area contributed by atoms with Crippen molar-refractivity contribution in [3.8, 4) is 0 Å². The largest absolute Gasteiger partial charge is 0.309 e. The normalized spacial score (nSPS) is 41.6. The van der Waals surface area contributed by atoms with Gasteiger partial charge in [0.1, 0.15) is 0 Å². The molecule has 0 aromatic carbocycles. The molecule has 2 heterocycles. The van der Waals surface area contributed by atoms with E-state index < -0.39 is 0 Å². The van der Waals surface area contributed by atoms with E-state index >= 15 is 0 Å². The third-order valence-electron chi connectivity index (χ3n) is 3.47. The molecule has 3 atom stereocenters. The molecule has 4 heteroatoms. The smallest absolute Gasteiger partial charge is 0.178 e. The maximum atomic E-state index is 12.0. The average molecular weight is 193 g/mol. The lowest BCUT2D eigenvalue weighted by Crippen LogP contribution is -2.51. The van der Waals surface area contributed by atoms with Crippen LogP contribution in [-0.2, 0) is 4.79 Å². The van der Waals surface area contributed by atoms with Gasteiger partial charge in [-0.15, -0.1) is 0 Å². The van der Waals surface area contributed by atoms with Gasteiger partial charge in [0.2, 0.25) is 0 Å². The van der Waals surface area contributed by atoms with Crippen LogP contribution >= 0.6 is 0 Å². The lowest BCUT2D eigenvalue weighted by Gasteiger charge is -2.34. The molecule has 3 aliphatic rings. The van der Waals surface area contributed by atoms with E-state index in [-0.39, 0.29) is 6.04 Å². The van der Waals surface area contributed by atoms with Crippen molar-refractivity contribution in [3.63, 3.8) is 0 Å². The Morgan fingerprint density at radius 2 is 2.36 bits per heavy atom. The fraction of sp³-hybridized carbons (Fsp3) is 0.700. The molecule has 3 rings (SSSR count). The van der Waals surface area contributed by atoms with Crippen LogP contribution in [0.3, 0.4) is 0 Å². The second kappa shape index (κ2) is 3.15. The summed E-state index contributed by atoms with van der Waals surface area (Å²) in [6, 6.07) is 0.344. The predicted octanol–water partition coefficient (Wildman–Crippen LogP) is -0.660. The van der Waals surface area contributed by atoms with Crippen molar-refractivity contribution in [1.29, 1.82) is 0 Å². The van der Waals surface area contributed by atoms with Gasteiger partial charge >= 0.3 is 0 Å². The highest BCUT2D eigenvalue weighted by atomic mass is 16.1. The zero-order valence-corrected chi connectivity index (χ0v) is 8.05. The number of hydrogen-bond donors (Lipinski definition) is 3. The van der Waals surface area contributed by atoms with Crippen LogP contribution in [0.1, 0.15) is 12.8 Å². The topological polar surface area (TPSA) is 53.2 Å². The van der Waals surface area contributed by atoms with Crippen LogP contribution in [0.2, 0.25) is 0 Å². The molecule has 4 nitrogen and oxygen atoms in total. The zero-order chi connectivity index (χ0) is 9.54. The van der Waals surface area contributed by atoms with Crippen LogP contribution in [0.25, 0.3) is 0 Å². The number of hydrazine groups is 1. The molecular weight excluding hydrogens is 178 g/mol. The number of fused-ring (bicyclic) bond motifs is 2. The minimum Gasteiger partial charge on any atom is -0.309 e. The summed E-state index contributed by atoms with van der Waals surface area (Å²) in [5, 5.41) is 3.42. The number of ketones is 1. The lowest BCUT2D eigenvalue weighted by molar-refractivity contribution is -0.119. The van der Waals surface area contributed by atoms with Crippen molar-refractivity contribution >= 4 is 5.78 Å². The molecule has 0 aromatic heterocycles. The third-order valence-corrected chi connectivity index (χ3v) is 3.47. The Kier molecular flexibility index (Phi) is 1.93. The average Bonchev–Trinajstić information content (AvgIpc) is 2.66. The number of rotatable bonds is 0. The molecule has 2 aliphatic heterocycles. The van der Waals surface area contributed by atoms with Crippen molar-refractivity contribution in [3.05, 3.63) is 11.6 Å². The van der Waals surface area contributed by atoms with Crippen LogP contribution in [-0.4, -0.2) is 31.0 Å².